The average Bonchev–Trinajstić information content (AvgIpc) is 2.55. The molecule has 0 saturated heterocycles. The maximum absolute atomic E-state index is 10.8. The van der Waals surface area contributed by atoms with Crippen molar-refractivity contribution in [3.05, 3.63) is 36.4 Å². The molecule has 0 aromatic heterocycles. The number of ether oxygens (including phenoxy) is 3. The molecule has 5 nitrogen and oxygen atoms in total. The molecule has 2 aromatic rings. The van der Waals surface area contributed by atoms with E-state index in [2.05, 4.69) is 5.32 Å². The van der Waals surface area contributed by atoms with E-state index in [1.807, 2.05) is 44.2 Å². The molecule has 0 bridgehead atoms. The van der Waals surface area contributed by atoms with Gasteiger partial charge in [0.05, 0.1) is 20.3 Å². The predicted octanol–water partition coefficient (Wildman–Crippen LogP) is 3.73. The third-order valence-corrected chi connectivity index (χ3v) is 3.28. The van der Waals surface area contributed by atoms with Crippen LogP contribution in [0, 0.1) is 0 Å². The van der Waals surface area contributed by atoms with Gasteiger partial charge in [0.25, 0.3) is 0 Å². The summed E-state index contributed by atoms with van der Waals surface area (Å²) in [7, 11) is 3.18. The molecule has 2 aromatic carbocycles. The molecule has 0 unspecified atom stereocenters. The van der Waals surface area contributed by atoms with Gasteiger partial charge in [-0.15, -0.1) is 0 Å². The minimum Gasteiger partial charge on any atom is -0.496 e. The van der Waals surface area contributed by atoms with E-state index in [1.165, 1.54) is 0 Å². The van der Waals surface area contributed by atoms with Crippen molar-refractivity contribution >= 4 is 12.1 Å². The molecule has 0 saturated carbocycles. The number of amides is 1. The number of para-hydroxylation sites is 1. The monoisotopic (exact) mass is 315 g/mol. The fourth-order valence-corrected chi connectivity index (χ4v) is 2.33. The average molecular weight is 315 g/mol. The number of carbonyl (C=O) groups is 1. The minimum absolute atomic E-state index is 0.00786. The third-order valence-electron chi connectivity index (χ3n) is 3.28. The molecule has 2 rings (SSSR count). The van der Waals surface area contributed by atoms with E-state index < -0.39 is 0 Å². The standard InChI is InChI=1S/C18H21NO4/c1-12(2)23-18-9-14(16(21-3)10-17(18)22-4)13-7-5-6-8-15(13)19-11-20/h5-12H,1-4H3,(H,19,20). The minimum atomic E-state index is 0.00786. The summed E-state index contributed by atoms with van der Waals surface area (Å²) < 4.78 is 16.7. The van der Waals surface area contributed by atoms with Crippen LogP contribution >= 0.6 is 0 Å². The van der Waals surface area contributed by atoms with Gasteiger partial charge in [0.15, 0.2) is 11.5 Å². The molecule has 0 radical (unpaired) electrons. The lowest BCUT2D eigenvalue weighted by molar-refractivity contribution is -0.105. The Bertz CT molecular complexity index is 683. The molecule has 23 heavy (non-hydrogen) atoms. The van der Waals surface area contributed by atoms with Crippen LogP contribution in [-0.4, -0.2) is 26.7 Å². The van der Waals surface area contributed by atoms with Crippen LogP contribution in [0.3, 0.4) is 0 Å². The van der Waals surface area contributed by atoms with E-state index in [0.717, 1.165) is 11.1 Å². The van der Waals surface area contributed by atoms with Crippen molar-refractivity contribution in [2.75, 3.05) is 19.5 Å². The molecule has 1 N–H and O–H groups in total. The summed E-state index contributed by atoms with van der Waals surface area (Å²) in [5.74, 6) is 1.86. The topological polar surface area (TPSA) is 56.8 Å². The zero-order valence-electron chi connectivity index (χ0n) is 13.8. The Hall–Kier alpha value is -2.69. The maximum Gasteiger partial charge on any atom is 0.211 e. The van der Waals surface area contributed by atoms with Gasteiger partial charge < -0.3 is 19.5 Å². The Kier molecular flexibility index (Phi) is 5.46. The van der Waals surface area contributed by atoms with Crippen LogP contribution in [0.25, 0.3) is 11.1 Å². The first-order valence-electron chi connectivity index (χ1n) is 7.33. The highest BCUT2D eigenvalue weighted by Crippen LogP contribution is 2.42. The van der Waals surface area contributed by atoms with E-state index in [1.54, 1.807) is 20.3 Å². The van der Waals surface area contributed by atoms with Gasteiger partial charge >= 0.3 is 0 Å². The fraction of sp³-hybridized carbons (Fsp3) is 0.278. The normalized spacial score (nSPS) is 10.3. The Morgan fingerprint density at radius 2 is 1.65 bits per heavy atom. The van der Waals surface area contributed by atoms with E-state index in [0.29, 0.717) is 29.3 Å². The van der Waals surface area contributed by atoms with Crippen LogP contribution in [0.5, 0.6) is 17.2 Å². The molecule has 0 spiro atoms. The number of rotatable bonds is 7. The van der Waals surface area contributed by atoms with Crippen molar-refractivity contribution in [3.8, 4) is 28.4 Å². The highest BCUT2D eigenvalue weighted by molar-refractivity contribution is 5.88. The summed E-state index contributed by atoms with van der Waals surface area (Å²) >= 11 is 0. The quantitative estimate of drug-likeness (QED) is 0.791. The van der Waals surface area contributed by atoms with Crippen LogP contribution in [-0.2, 0) is 4.79 Å². The molecule has 0 atom stereocenters. The Balaban J connectivity index is 2.63. The van der Waals surface area contributed by atoms with Crippen molar-refractivity contribution in [1.29, 1.82) is 0 Å². The number of carbonyl (C=O) groups excluding carboxylic acids is 1. The van der Waals surface area contributed by atoms with Crippen LogP contribution in [0.15, 0.2) is 36.4 Å². The van der Waals surface area contributed by atoms with E-state index in [4.69, 9.17) is 14.2 Å². The number of hydrogen-bond donors (Lipinski definition) is 1. The number of nitrogens with one attached hydrogen (secondary N) is 1. The predicted molar refractivity (Wildman–Crippen MR) is 90.4 cm³/mol. The van der Waals surface area contributed by atoms with Gasteiger partial charge in [-0.05, 0) is 26.0 Å². The number of benzene rings is 2. The van der Waals surface area contributed by atoms with Gasteiger partial charge in [-0.3, -0.25) is 4.79 Å². The largest absolute Gasteiger partial charge is 0.496 e. The lowest BCUT2D eigenvalue weighted by Crippen LogP contribution is -2.07. The van der Waals surface area contributed by atoms with E-state index in [9.17, 15) is 4.79 Å². The van der Waals surface area contributed by atoms with Crippen molar-refractivity contribution in [3.63, 3.8) is 0 Å². The second-order valence-electron chi connectivity index (χ2n) is 5.18. The van der Waals surface area contributed by atoms with Gasteiger partial charge in [-0.1, -0.05) is 18.2 Å². The number of methoxy groups -OCH3 is 2. The first-order chi connectivity index (χ1) is 11.1. The molecule has 0 heterocycles. The highest BCUT2D eigenvalue weighted by atomic mass is 16.5. The second kappa shape index (κ2) is 7.54. The van der Waals surface area contributed by atoms with Gasteiger partial charge in [-0.2, -0.15) is 0 Å². The molecular formula is C18H21NO4. The summed E-state index contributed by atoms with van der Waals surface area (Å²) in [5, 5.41) is 2.71. The first-order valence-corrected chi connectivity index (χ1v) is 7.33. The molecule has 0 fully saturated rings. The Morgan fingerprint density at radius 3 is 2.26 bits per heavy atom. The van der Waals surface area contributed by atoms with Crippen molar-refractivity contribution in [1.82, 2.24) is 0 Å². The van der Waals surface area contributed by atoms with Crippen LogP contribution < -0.4 is 19.5 Å². The summed E-state index contributed by atoms with van der Waals surface area (Å²) in [5.41, 5.74) is 2.35. The molecule has 0 aliphatic rings. The molecule has 5 heteroatoms. The molecular weight excluding hydrogens is 294 g/mol. The summed E-state index contributed by atoms with van der Waals surface area (Å²) in [6.45, 7) is 3.90. The van der Waals surface area contributed by atoms with E-state index in [-0.39, 0.29) is 6.10 Å². The zero-order valence-corrected chi connectivity index (χ0v) is 13.8. The molecule has 122 valence electrons. The number of hydrogen-bond acceptors (Lipinski definition) is 4. The maximum atomic E-state index is 10.8. The smallest absolute Gasteiger partial charge is 0.211 e. The van der Waals surface area contributed by atoms with Crippen LogP contribution in [0.1, 0.15) is 13.8 Å². The SMILES string of the molecule is COc1cc(OC)c(-c2ccccc2NC=O)cc1OC(C)C. The van der Waals surface area contributed by atoms with Crippen LogP contribution in [0.2, 0.25) is 0 Å². The van der Waals surface area contributed by atoms with Gasteiger partial charge in [-0.25, -0.2) is 0 Å². The lowest BCUT2D eigenvalue weighted by Gasteiger charge is -2.18. The number of anilines is 1. The van der Waals surface area contributed by atoms with Crippen molar-refractivity contribution in [2.24, 2.45) is 0 Å². The molecule has 0 aliphatic carbocycles. The zero-order chi connectivity index (χ0) is 16.8. The molecule has 1 amide bonds. The van der Waals surface area contributed by atoms with Crippen molar-refractivity contribution in [2.45, 2.75) is 20.0 Å². The summed E-state index contributed by atoms with van der Waals surface area (Å²) in [6.07, 6.45) is 0.661. The summed E-state index contributed by atoms with van der Waals surface area (Å²) in [6, 6.07) is 11.1. The lowest BCUT2D eigenvalue weighted by atomic mass is 10.0. The third kappa shape index (κ3) is 3.74. The van der Waals surface area contributed by atoms with Gasteiger partial charge in [0, 0.05) is 22.9 Å². The van der Waals surface area contributed by atoms with Crippen LogP contribution in [0.4, 0.5) is 5.69 Å². The fourth-order valence-electron chi connectivity index (χ4n) is 2.33. The first kappa shape index (κ1) is 16.7. The van der Waals surface area contributed by atoms with Gasteiger partial charge in [0.2, 0.25) is 6.41 Å². The highest BCUT2D eigenvalue weighted by Gasteiger charge is 2.16. The van der Waals surface area contributed by atoms with Gasteiger partial charge in [0.1, 0.15) is 5.75 Å². The van der Waals surface area contributed by atoms with E-state index >= 15 is 0 Å². The molecule has 0 aliphatic heterocycles. The summed E-state index contributed by atoms with van der Waals surface area (Å²) in [4.78, 5) is 10.8. The Morgan fingerprint density at radius 1 is 0.957 bits per heavy atom. The van der Waals surface area contributed by atoms with Crippen molar-refractivity contribution < 1.29 is 19.0 Å². The second-order valence-corrected chi connectivity index (χ2v) is 5.18. The Labute approximate surface area is 136 Å².